The van der Waals surface area contributed by atoms with Gasteiger partial charge < -0.3 is 10.6 Å². The largest absolute Gasteiger partial charge is 0.348 e. The van der Waals surface area contributed by atoms with Crippen molar-refractivity contribution in [3.05, 3.63) is 47.9 Å². The molecule has 0 saturated heterocycles. The summed E-state index contributed by atoms with van der Waals surface area (Å²) < 4.78 is 0. The summed E-state index contributed by atoms with van der Waals surface area (Å²) in [6, 6.07) is 9.00. The van der Waals surface area contributed by atoms with Crippen LogP contribution < -0.4 is 10.6 Å². The minimum atomic E-state index is -0.189. The van der Waals surface area contributed by atoms with Crippen LogP contribution in [-0.4, -0.2) is 27.7 Å². The van der Waals surface area contributed by atoms with Gasteiger partial charge >= 0.3 is 0 Å². The Morgan fingerprint density at radius 1 is 1.18 bits per heavy atom. The van der Waals surface area contributed by atoms with Gasteiger partial charge in [-0.2, -0.15) is 0 Å². The van der Waals surface area contributed by atoms with Crippen molar-refractivity contribution < 1.29 is 9.59 Å². The number of hydrogen-bond donors (Lipinski definition) is 2. The molecule has 6 nitrogen and oxygen atoms in total. The summed E-state index contributed by atoms with van der Waals surface area (Å²) in [5.41, 5.74) is 1.68. The smallest absolute Gasteiger partial charge is 0.270 e. The van der Waals surface area contributed by atoms with Crippen LogP contribution in [0.4, 0.5) is 11.5 Å². The third kappa shape index (κ3) is 3.46. The quantitative estimate of drug-likeness (QED) is 0.827. The standard InChI is InChI=1S/C16H16N4O2/c1-10(21)11-3-2-4-13(7-11)19-15-8-14(17-9-18-15)16(22)20-12-5-6-12/h2-4,7-9,12H,5-6H2,1H3,(H,20,22)(H,17,18,19). The average molecular weight is 296 g/mol. The Labute approximate surface area is 128 Å². The second kappa shape index (κ2) is 5.93. The van der Waals surface area contributed by atoms with Crippen LogP contribution in [0.25, 0.3) is 0 Å². The highest BCUT2D eigenvalue weighted by Gasteiger charge is 2.24. The first-order valence-corrected chi connectivity index (χ1v) is 7.13. The maximum atomic E-state index is 12.0. The number of carbonyl (C=O) groups is 2. The SMILES string of the molecule is CC(=O)c1cccc(Nc2cc(C(=O)NC3CC3)ncn2)c1. The number of hydrogen-bond acceptors (Lipinski definition) is 5. The van der Waals surface area contributed by atoms with Gasteiger partial charge in [-0.1, -0.05) is 12.1 Å². The van der Waals surface area contributed by atoms with Crippen molar-refractivity contribution in [1.29, 1.82) is 0 Å². The molecule has 1 aromatic heterocycles. The number of anilines is 2. The number of ketones is 1. The summed E-state index contributed by atoms with van der Waals surface area (Å²) in [7, 11) is 0. The van der Waals surface area contributed by atoms with E-state index in [9.17, 15) is 9.59 Å². The molecule has 0 unspecified atom stereocenters. The summed E-state index contributed by atoms with van der Waals surface area (Å²) >= 11 is 0. The Bertz CT molecular complexity index is 726. The van der Waals surface area contributed by atoms with Crippen LogP contribution in [0.2, 0.25) is 0 Å². The van der Waals surface area contributed by atoms with Crippen molar-refractivity contribution >= 4 is 23.2 Å². The van der Waals surface area contributed by atoms with Gasteiger partial charge in [0.2, 0.25) is 0 Å². The highest BCUT2D eigenvalue weighted by Crippen LogP contribution is 2.20. The first-order chi connectivity index (χ1) is 10.6. The lowest BCUT2D eigenvalue weighted by atomic mass is 10.1. The summed E-state index contributed by atoms with van der Waals surface area (Å²) in [5.74, 6) is 0.318. The molecule has 0 spiro atoms. The molecule has 0 radical (unpaired) electrons. The van der Waals surface area contributed by atoms with E-state index in [0.717, 1.165) is 18.5 Å². The lowest BCUT2D eigenvalue weighted by Gasteiger charge is -2.08. The highest BCUT2D eigenvalue weighted by molar-refractivity contribution is 5.95. The number of nitrogens with zero attached hydrogens (tertiary/aromatic N) is 2. The van der Waals surface area contributed by atoms with E-state index in [0.29, 0.717) is 17.1 Å². The Morgan fingerprint density at radius 3 is 2.73 bits per heavy atom. The topological polar surface area (TPSA) is 84.0 Å². The predicted octanol–water partition coefficient (Wildman–Crippen LogP) is 2.32. The number of benzene rings is 1. The Hall–Kier alpha value is -2.76. The molecule has 22 heavy (non-hydrogen) atoms. The fraction of sp³-hybridized carbons (Fsp3) is 0.250. The molecule has 1 amide bonds. The maximum absolute atomic E-state index is 12.0. The van der Waals surface area contributed by atoms with E-state index in [1.807, 2.05) is 6.07 Å². The molecular weight excluding hydrogens is 280 g/mol. The maximum Gasteiger partial charge on any atom is 0.270 e. The molecule has 2 aromatic rings. The van der Waals surface area contributed by atoms with E-state index in [1.54, 1.807) is 24.3 Å². The van der Waals surface area contributed by atoms with Crippen LogP contribution in [0, 0.1) is 0 Å². The predicted molar refractivity (Wildman–Crippen MR) is 82.2 cm³/mol. The van der Waals surface area contributed by atoms with Crippen LogP contribution in [0.1, 0.15) is 40.6 Å². The van der Waals surface area contributed by atoms with Crippen molar-refractivity contribution in [2.75, 3.05) is 5.32 Å². The molecule has 1 saturated carbocycles. The second-order valence-corrected chi connectivity index (χ2v) is 5.30. The van der Waals surface area contributed by atoms with Crippen LogP contribution in [0.15, 0.2) is 36.7 Å². The summed E-state index contributed by atoms with van der Waals surface area (Å²) in [4.78, 5) is 31.5. The molecule has 1 fully saturated rings. The summed E-state index contributed by atoms with van der Waals surface area (Å²) in [5, 5.41) is 5.96. The van der Waals surface area contributed by atoms with Crippen LogP contribution in [0.5, 0.6) is 0 Å². The minimum absolute atomic E-state index is 0.00385. The summed E-state index contributed by atoms with van der Waals surface area (Å²) in [6.45, 7) is 1.52. The van der Waals surface area contributed by atoms with Gasteiger partial charge in [0, 0.05) is 23.4 Å². The van der Waals surface area contributed by atoms with Gasteiger partial charge in [-0.15, -0.1) is 0 Å². The van der Waals surface area contributed by atoms with Gasteiger partial charge in [-0.05, 0) is 31.9 Å². The number of nitrogens with one attached hydrogen (secondary N) is 2. The molecule has 6 heteroatoms. The highest BCUT2D eigenvalue weighted by atomic mass is 16.2. The van der Waals surface area contributed by atoms with Gasteiger partial charge in [0.25, 0.3) is 5.91 Å². The van der Waals surface area contributed by atoms with Crippen molar-refractivity contribution in [2.24, 2.45) is 0 Å². The molecule has 1 heterocycles. The number of amides is 1. The van der Waals surface area contributed by atoms with Gasteiger partial charge in [0.05, 0.1) is 0 Å². The van der Waals surface area contributed by atoms with E-state index < -0.39 is 0 Å². The van der Waals surface area contributed by atoms with E-state index >= 15 is 0 Å². The molecule has 3 rings (SSSR count). The van der Waals surface area contributed by atoms with Crippen molar-refractivity contribution in [3.63, 3.8) is 0 Å². The van der Waals surface area contributed by atoms with E-state index in [4.69, 9.17) is 0 Å². The average Bonchev–Trinajstić information content (AvgIpc) is 3.32. The molecular formula is C16H16N4O2. The molecule has 0 bridgehead atoms. The molecule has 112 valence electrons. The van der Waals surface area contributed by atoms with Gasteiger partial charge in [-0.3, -0.25) is 9.59 Å². The molecule has 1 aromatic carbocycles. The fourth-order valence-corrected chi connectivity index (χ4v) is 2.00. The number of rotatable bonds is 5. The van der Waals surface area contributed by atoms with Crippen molar-refractivity contribution in [2.45, 2.75) is 25.8 Å². The van der Waals surface area contributed by atoms with E-state index in [-0.39, 0.29) is 17.7 Å². The monoisotopic (exact) mass is 296 g/mol. The molecule has 0 aliphatic heterocycles. The first kappa shape index (κ1) is 14.2. The third-order valence-corrected chi connectivity index (χ3v) is 3.35. The van der Waals surface area contributed by atoms with E-state index in [1.165, 1.54) is 13.3 Å². The van der Waals surface area contributed by atoms with Gasteiger partial charge in [0.15, 0.2) is 5.78 Å². The Balaban J connectivity index is 1.76. The second-order valence-electron chi connectivity index (χ2n) is 5.30. The van der Waals surface area contributed by atoms with Crippen molar-refractivity contribution in [3.8, 4) is 0 Å². The minimum Gasteiger partial charge on any atom is -0.348 e. The third-order valence-electron chi connectivity index (χ3n) is 3.35. The first-order valence-electron chi connectivity index (χ1n) is 7.13. The Morgan fingerprint density at radius 2 is 2.00 bits per heavy atom. The fourth-order valence-electron chi connectivity index (χ4n) is 2.00. The zero-order valence-corrected chi connectivity index (χ0v) is 12.2. The van der Waals surface area contributed by atoms with Gasteiger partial charge in [-0.25, -0.2) is 9.97 Å². The lowest BCUT2D eigenvalue weighted by molar-refractivity contribution is 0.0945. The zero-order chi connectivity index (χ0) is 15.5. The number of carbonyl (C=O) groups excluding carboxylic acids is 2. The van der Waals surface area contributed by atoms with Crippen LogP contribution >= 0.6 is 0 Å². The summed E-state index contributed by atoms with van der Waals surface area (Å²) in [6.07, 6.45) is 3.40. The number of Topliss-reactive ketones (excluding diaryl/α,β-unsaturated/α-hetero) is 1. The van der Waals surface area contributed by atoms with Crippen LogP contribution in [0.3, 0.4) is 0 Å². The lowest BCUT2D eigenvalue weighted by Crippen LogP contribution is -2.26. The Kier molecular flexibility index (Phi) is 3.82. The molecule has 1 aliphatic carbocycles. The molecule has 1 aliphatic rings. The normalized spacial score (nSPS) is 13.5. The van der Waals surface area contributed by atoms with Gasteiger partial charge in [0.1, 0.15) is 17.8 Å². The molecule has 0 atom stereocenters. The van der Waals surface area contributed by atoms with Crippen LogP contribution in [-0.2, 0) is 0 Å². The zero-order valence-electron chi connectivity index (χ0n) is 12.2. The number of aromatic nitrogens is 2. The molecule has 2 N–H and O–H groups in total. The van der Waals surface area contributed by atoms with E-state index in [2.05, 4.69) is 20.6 Å². The van der Waals surface area contributed by atoms with Crippen molar-refractivity contribution in [1.82, 2.24) is 15.3 Å².